The van der Waals surface area contributed by atoms with E-state index in [4.69, 9.17) is 0 Å². The Morgan fingerprint density at radius 2 is 1.50 bits per heavy atom. The smallest absolute Gasteiger partial charge is 0.168 e. The van der Waals surface area contributed by atoms with Gasteiger partial charge in [0.25, 0.3) is 0 Å². The zero-order chi connectivity index (χ0) is 18.8. The number of rotatable bonds is 3. The van der Waals surface area contributed by atoms with Crippen LogP contribution in [0.3, 0.4) is 0 Å². The van der Waals surface area contributed by atoms with Crippen molar-refractivity contribution in [3.8, 4) is 0 Å². The van der Waals surface area contributed by atoms with E-state index in [9.17, 15) is 13.6 Å². The molecule has 24 heavy (non-hydrogen) atoms. The fraction of sp³-hybridized carbons (Fsp3) is 0.450. The molecule has 2 rings (SSSR count). The minimum Gasteiger partial charge on any atom is -0.317 e. The molecule has 0 atom stereocenters. The second-order valence-corrected chi connectivity index (χ2v) is 5.62. The fourth-order valence-electron chi connectivity index (χ4n) is 2.68. The summed E-state index contributed by atoms with van der Waals surface area (Å²) in [6, 6.07) is 6.29. The van der Waals surface area contributed by atoms with Crippen molar-refractivity contribution in [2.45, 2.75) is 46.0 Å². The highest BCUT2D eigenvalue weighted by atomic mass is 19.1. The second kappa shape index (κ2) is 10.9. The summed E-state index contributed by atoms with van der Waals surface area (Å²) in [6.07, 6.45) is 1.48. The van der Waals surface area contributed by atoms with Crippen LogP contribution in [0, 0.1) is 5.82 Å². The topological polar surface area (TPSA) is 29.1 Å². The minimum absolute atomic E-state index is 0.0793. The average molecular weight is 337 g/mol. The van der Waals surface area contributed by atoms with Gasteiger partial charge in [0.05, 0.1) is 11.2 Å². The molecular formula is C20H29F2NO. The molecule has 0 bridgehead atoms. The number of allylic oxidation sites excluding steroid dienone is 2. The van der Waals surface area contributed by atoms with E-state index in [1.165, 1.54) is 19.1 Å². The molecule has 0 amide bonds. The van der Waals surface area contributed by atoms with Gasteiger partial charge in [0.15, 0.2) is 5.78 Å². The normalized spacial score (nSPS) is 15.1. The Bertz CT molecular complexity index is 539. The van der Waals surface area contributed by atoms with Gasteiger partial charge in [-0.2, -0.15) is 0 Å². The molecule has 0 aromatic heterocycles. The van der Waals surface area contributed by atoms with Crippen LogP contribution in [0.25, 0.3) is 0 Å². The number of Topliss-reactive ketones (excluding diaryl/α,β-unsaturated/α-hetero) is 1. The van der Waals surface area contributed by atoms with Crippen molar-refractivity contribution in [3.63, 3.8) is 0 Å². The van der Waals surface area contributed by atoms with Crippen LogP contribution in [-0.2, 0) is 10.2 Å². The number of benzene rings is 1. The van der Waals surface area contributed by atoms with E-state index in [2.05, 4.69) is 18.5 Å². The molecule has 1 aliphatic rings. The molecule has 0 aliphatic carbocycles. The summed E-state index contributed by atoms with van der Waals surface area (Å²) in [4.78, 5) is 12.5. The van der Waals surface area contributed by atoms with Gasteiger partial charge in [0.1, 0.15) is 5.82 Å². The molecule has 1 aromatic carbocycles. The molecule has 2 nitrogen and oxygen atoms in total. The SMILES string of the molecule is C=C(C)C(=O)C1(c2ccc(F)cc2)CCNCC1.C=C(C)F.CC. The third-order valence-corrected chi connectivity index (χ3v) is 3.68. The largest absolute Gasteiger partial charge is 0.317 e. The van der Waals surface area contributed by atoms with Crippen LogP contribution in [0.1, 0.15) is 46.1 Å². The molecule has 1 heterocycles. The van der Waals surface area contributed by atoms with Gasteiger partial charge >= 0.3 is 0 Å². The zero-order valence-electron chi connectivity index (χ0n) is 15.2. The van der Waals surface area contributed by atoms with E-state index in [0.29, 0.717) is 5.57 Å². The molecule has 1 saturated heterocycles. The number of halogens is 2. The highest BCUT2D eigenvalue weighted by Crippen LogP contribution is 2.36. The molecule has 4 heteroatoms. The summed E-state index contributed by atoms with van der Waals surface area (Å²) < 4.78 is 23.8. The summed E-state index contributed by atoms with van der Waals surface area (Å²) in [6.45, 7) is 15.3. The van der Waals surface area contributed by atoms with Crippen molar-refractivity contribution < 1.29 is 13.6 Å². The molecule has 0 saturated carbocycles. The molecule has 1 N–H and O–H groups in total. The van der Waals surface area contributed by atoms with Gasteiger partial charge < -0.3 is 5.32 Å². The van der Waals surface area contributed by atoms with Gasteiger partial charge in [-0.15, -0.1) is 0 Å². The quantitative estimate of drug-likeness (QED) is 0.777. The van der Waals surface area contributed by atoms with Gasteiger partial charge in [-0.1, -0.05) is 39.1 Å². The van der Waals surface area contributed by atoms with Crippen LogP contribution < -0.4 is 5.32 Å². The summed E-state index contributed by atoms with van der Waals surface area (Å²) in [7, 11) is 0. The Morgan fingerprint density at radius 3 is 1.88 bits per heavy atom. The monoisotopic (exact) mass is 337 g/mol. The third kappa shape index (κ3) is 6.36. The van der Waals surface area contributed by atoms with Crippen LogP contribution in [-0.4, -0.2) is 18.9 Å². The lowest BCUT2D eigenvalue weighted by Gasteiger charge is -2.37. The van der Waals surface area contributed by atoms with Crippen LogP contribution in [0.5, 0.6) is 0 Å². The van der Waals surface area contributed by atoms with Gasteiger partial charge in [-0.25, -0.2) is 8.78 Å². The lowest BCUT2D eigenvalue weighted by molar-refractivity contribution is -0.121. The Kier molecular flexibility index (Phi) is 10.0. The maximum Gasteiger partial charge on any atom is 0.168 e. The van der Waals surface area contributed by atoms with Crippen molar-refractivity contribution in [1.29, 1.82) is 0 Å². The first-order valence-corrected chi connectivity index (χ1v) is 8.27. The standard InChI is InChI=1S/C15H18FNO.C3H5F.C2H6/c1-11(2)14(18)15(7-9-17-10-8-15)12-3-5-13(16)6-4-12;1-3(2)4;1-2/h3-6,17H,1,7-10H2,2H3;1H2,2H3;1-2H3. The number of nitrogens with one attached hydrogen (secondary N) is 1. The lowest BCUT2D eigenvalue weighted by atomic mass is 9.68. The van der Waals surface area contributed by atoms with Crippen molar-refractivity contribution in [3.05, 3.63) is 60.2 Å². The van der Waals surface area contributed by atoms with Crippen molar-refractivity contribution in [1.82, 2.24) is 5.32 Å². The molecule has 1 aliphatic heterocycles. The van der Waals surface area contributed by atoms with Gasteiger partial charge in [0, 0.05) is 0 Å². The Hall–Kier alpha value is -1.81. The van der Waals surface area contributed by atoms with E-state index >= 15 is 0 Å². The van der Waals surface area contributed by atoms with E-state index in [1.807, 2.05) is 13.8 Å². The number of ketones is 1. The molecule has 0 spiro atoms. The van der Waals surface area contributed by atoms with E-state index < -0.39 is 5.41 Å². The van der Waals surface area contributed by atoms with Gasteiger partial charge in [-0.05, 0) is 63.0 Å². The van der Waals surface area contributed by atoms with Crippen molar-refractivity contribution in [2.75, 3.05) is 13.1 Å². The van der Waals surface area contributed by atoms with Crippen LogP contribution in [0.4, 0.5) is 8.78 Å². The fourth-order valence-corrected chi connectivity index (χ4v) is 2.68. The van der Waals surface area contributed by atoms with Crippen LogP contribution in [0.15, 0.2) is 48.8 Å². The van der Waals surface area contributed by atoms with Gasteiger partial charge in [-0.3, -0.25) is 4.79 Å². The summed E-state index contributed by atoms with van der Waals surface area (Å²) in [5.41, 5.74) is 0.949. The third-order valence-electron chi connectivity index (χ3n) is 3.68. The Labute approximate surface area is 144 Å². The molecule has 1 fully saturated rings. The van der Waals surface area contributed by atoms with E-state index in [1.54, 1.807) is 19.1 Å². The maximum atomic E-state index is 13.0. The molecule has 0 unspecified atom stereocenters. The highest BCUT2D eigenvalue weighted by Gasteiger charge is 2.40. The minimum atomic E-state index is -0.523. The highest BCUT2D eigenvalue weighted by molar-refractivity contribution is 6.02. The van der Waals surface area contributed by atoms with E-state index in [-0.39, 0.29) is 17.4 Å². The predicted octanol–water partition coefficient (Wildman–Crippen LogP) is 5.11. The van der Waals surface area contributed by atoms with Gasteiger partial charge in [0.2, 0.25) is 0 Å². The number of piperidine rings is 1. The van der Waals surface area contributed by atoms with Crippen molar-refractivity contribution >= 4 is 5.78 Å². The van der Waals surface area contributed by atoms with Crippen LogP contribution >= 0.6 is 0 Å². The number of hydrogen-bond acceptors (Lipinski definition) is 2. The summed E-state index contributed by atoms with van der Waals surface area (Å²) >= 11 is 0. The predicted molar refractivity (Wildman–Crippen MR) is 97.3 cm³/mol. The molecular weight excluding hydrogens is 308 g/mol. The first kappa shape index (κ1) is 22.2. The molecule has 134 valence electrons. The molecule has 0 radical (unpaired) electrons. The maximum absolute atomic E-state index is 13.0. The average Bonchev–Trinajstić information content (AvgIpc) is 2.56. The Balaban J connectivity index is 0.000000773. The first-order chi connectivity index (χ1) is 11.3. The molecule has 1 aromatic rings. The van der Waals surface area contributed by atoms with E-state index in [0.717, 1.165) is 31.5 Å². The summed E-state index contributed by atoms with van der Waals surface area (Å²) in [5, 5.41) is 3.26. The summed E-state index contributed by atoms with van der Waals surface area (Å²) in [5.74, 6) is -0.527. The Morgan fingerprint density at radius 1 is 1.08 bits per heavy atom. The van der Waals surface area contributed by atoms with Crippen LogP contribution in [0.2, 0.25) is 0 Å². The first-order valence-electron chi connectivity index (χ1n) is 8.27. The second-order valence-electron chi connectivity index (χ2n) is 5.62. The lowest BCUT2D eigenvalue weighted by Crippen LogP contribution is -2.45. The van der Waals surface area contributed by atoms with Crippen molar-refractivity contribution in [2.24, 2.45) is 0 Å². The number of carbonyl (C=O) groups is 1. The zero-order valence-corrected chi connectivity index (χ0v) is 15.2. The number of hydrogen-bond donors (Lipinski definition) is 1. The number of carbonyl (C=O) groups excluding carboxylic acids is 1.